The van der Waals surface area contributed by atoms with Crippen molar-refractivity contribution in [2.24, 2.45) is 5.92 Å². The maximum absolute atomic E-state index is 15.0. The Morgan fingerprint density at radius 2 is 1.75 bits per heavy atom. The summed E-state index contributed by atoms with van der Waals surface area (Å²) in [5.41, 5.74) is 2.17. The Kier molecular flexibility index (Phi) is 5.23. The fourth-order valence-electron chi connectivity index (χ4n) is 8.21. The SMILES string of the molecule is COc1ccc(OC)c(C(=O)[C@@H]2[C@H]3CCCN3[C@]3(C(=O)Nc4c(C)cc(C)cc43)[C@]23C(=O)Nc2ccccc23)c1. The summed E-state index contributed by atoms with van der Waals surface area (Å²) in [6.45, 7) is 4.57. The van der Waals surface area contributed by atoms with Crippen LogP contribution in [-0.2, 0) is 20.5 Å². The number of methoxy groups -OCH3 is 2. The van der Waals surface area contributed by atoms with E-state index in [0.717, 1.165) is 28.8 Å². The molecule has 2 N–H and O–H groups in total. The topological polar surface area (TPSA) is 97.0 Å². The number of ketones is 1. The van der Waals surface area contributed by atoms with Crippen molar-refractivity contribution in [2.45, 2.75) is 43.7 Å². The molecule has 0 radical (unpaired) electrons. The van der Waals surface area contributed by atoms with E-state index in [1.165, 1.54) is 7.11 Å². The number of rotatable bonds is 4. The third-order valence-electron chi connectivity index (χ3n) is 9.50. The van der Waals surface area contributed by atoms with Gasteiger partial charge in [-0.05, 0) is 68.6 Å². The fourth-order valence-corrected chi connectivity index (χ4v) is 8.21. The number of amides is 2. The monoisotopic (exact) mass is 537 g/mol. The number of nitrogens with one attached hydrogen (secondary N) is 2. The molecule has 2 spiro atoms. The van der Waals surface area contributed by atoms with Gasteiger partial charge < -0.3 is 20.1 Å². The molecule has 8 nitrogen and oxygen atoms in total. The molecule has 40 heavy (non-hydrogen) atoms. The summed E-state index contributed by atoms with van der Waals surface area (Å²) in [6, 6.07) is 16.3. The highest BCUT2D eigenvalue weighted by atomic mass is 16.5. The molecule has 0 aromatic heterocycles. The highest BCUT2D eigenvalue weighted by Crippen LogP contribution is 2.68. The maximum Gasteiger partial charge on any atom is 0.251 e. The number of ether oxygens (including phenoxy) is 2. The van der Waals surface area contributed by atoms with Crippen LogP contribution in [0.25, 0.3) is 0 Å². The molecule has 3 aromatic carbocycles. The molecule has 0 saturated carbocycles. The number of hydrogen-bond donors (Lipinski definition) is 2. The van der Waals surface area contributed by atoms with E-state index in [1.54, 1.807) is 25.3 Å². The van der Waals surface area contributed by atoms with Crippen LogP contribution in [0.1, 0.15) is 45.5 Å². The highest BCUT2D eigenvalue weighted by Gasteiger charge is 2.81. The van der Waals surface area contributed by atoms with Crippen LogP contribution in [0.2, 0.25) is 0 Å². The molecule has 0 unspecified atom stereocenters. The van der Waals surface area contributed by atoms with Crippen molar-refractivity contribution in [1.82, 2.24) is 4.90 Å². The lowest BCUT2D eigenvalue weighted by atomic mass is 9.57. The number of fused-ring (bicyclic) bond motifs is 7. The van der Waals surface area contributed by atoms with Crippen molar-refractivity contribution in [3.63, 3.8) is 0 Å². The number of para-hydroxylation sites is 1. The predicted molar refractivity (Wildman–Crippen MR) is 150 cm³/mol. The van der Waals surface area contributed by atoms with Gasteiger partial charge in [0.05, 0.1) is 25.7 Å². The number of anilines is 2. The minimum Gasteiger partial charge on any atom is -0.497 e. The van der Waals surface area contributed by atoms with Gasteiger partial charge in [0.2, 0.25) is 5.91 Å². The fraction of sp³-hybridized carbons (Fsp3) is 0.344. The molecule has 4 heterocycles. The molecule has 4 aliphatic heterocycles. The Bertz CT molecular complexity index is 1630. The molecule has 3 aromatic rings. The second-order valence-electron chi connectivity index (χ2n) is 11.3. The summed E-state index contributed by atoms with van der Waals surface area (Å²) < 4.78 is 11.1. The van der Waals surface area contributed by atoms with Crippen LogP contribution in [0.5, 0.6) is 11.5 Å². The van der Waals surface area contributed by atoms with Gasteiger partial charge >= 0.3 is 0 Å². The molecule has 204 valence electrons. The average Bonchev–Trinajstić information content (AvgIpc) is 3.67. The molecule has 8 heteroatoms. The van der Waals surface area contributed by atoms with E-state index in [0.29, 0.717) is 41.3 Å². The standard InChI is InChI=1S/C32H31N3O5/c1-17-14-18(2)27-22(15-17)32(30(38)34-27)31(21-8-5-6-9-23(21)33-29(31)37)26(24-10-7-13-35(24)32)28(36)20-16-19(39-3)11-12-25(20)40-4/h5-6,8-9,11-12,14-16,24,26H,7,10,13H2,1-4H3,(H,33,37)(H,34,38)/t24-,26+,31+,32-/m1/s1. The first kappa shape index (κ1) is 24.8. The van der Waals surface area contributed by atoms with E-state index in [-0.39, 0.29) is 23.6 Å². The lowest BCUT2D eigenvalue weighted by Gasteiger charge is -2.43. The maximum atomic E-state index is 15.0. The summed E-state index contributed by atoms with van der Waals surface area (Å²) in [7, 11) is 3.07. The van der Waals surface area contributed by atoms with Crippen LogP contribution >= 0.6 is 0 Å². The number of carbonyl (C=O) groups excluding carboxylic acids is 3. The highest BCUT2D eigenvalue weighted by molar-refractivity contribution is 6.21. The Morgan fingerprint density at radius 1 is 0.950 bits per heavy atom. The first-order valence-electron chi connectivity index (χ1n) is 13.7. The largest absolute Gasteiger partial charge is 0.497 e. The number of Topliss-reactive ketones (excluding diaryl/α,β-unsaturated/α-hetero) is 1. The van der Waals surface area contributed by atoms with Crippen molar-refractivity contribution < 1.29 is 23.9 Å². The van der Waals surface area contributed by atoms with Gasteiger partial charge in [-0.25, -0.2) is 0 Å². The minimum absolute atomic E-state index is 0.234. The molecule has 4 atom stereocenters. The summed E-state index contributed by atoms with van der Waals surface area (Å²) in [5, 5.41) is 6.25. The van der Waals surface area contributed by atoms with Crippen LogP contribution in [0.3, 0.4) is 0 Å². The number of aryl methyl sites for hydroxylation is 2. The Morgan fingerprint density at radius 3 is 2.52 bits per heavy atom. The van der Waals surface area contributed by atoms with Gasteiger partial charge in [0.15, 0.2) is 5.78 Å². The van der Waals surface area contributed by atoms with Gasteiger partial charge in [-0.1, -0.05) is 35.9 Å². The molecule has 2 amide bonds. The van der Waals surface area contributed by atoms with E-state index < -0.39 is 16.9 Å². The minimum atomic E-state index is -1.50. The third-order valence-corrected chi connectivity index (χ3v) is 9.50. The van der Waals surface area contributed by atoms with Crippen molar-refractivity contribution in [3.8, 4) is 11.5 Å². The predicted octanol–water partition coefficient (Wildman–Crippen LogP) is 4.34. The summed E-state index contributed by atoms with van der Waals surface area (Å²) in [5.74, 6) is -0.755. The van der Waals surface area contributed by atoms with Gasteiger partial charge in [-0.3, -0.25) is 19.3 Å². The summed E-state index contributed by atoms with van der Waals surface area (Å²) in [6.07, 6.45) is 1.51. The van der Waals surface area contributed by atoms with Crippen molar-refractivity contribution in [2.75, 3.05) is 31.4 Å². The Labute approximate surface area is 232 Å². The van der Waals surface area contributed by atoms with Crippen LogP contribution in [0.4, 0.5) is 11.4 Å². The lowest BCUT2D eigenvalue weighted by Crippen LogP contribution is -2.62. The van der Waals surface area contributed by atoms with E-state index in [2.05, 4.69) is 15.5 Å². The number of carbonyl (C=O) groups is 3. The molecule has 7 rings (SSSR count). The zero-order valence-corrected chi connectivity index (χ0v) is 23.0. The van der Waals surface area contributed by atoms with E-state index in [4.69, 9.17) is 9.47 Å². The Balaban J connectivity index is 1.59. The number of benzene rings is 3. The first-order chi connectivity index (χ1) is 19.3. The zero-order valence-electron chi connectivity index (χ0n) is 23.0. The van der Waals surface area contributed by atoms with E-state index >= 15 is 0 Å². The quantitative estimate of drug-likeness (QED) is 0.481. The number of nitrogens with zero attached hydrogens (tertiary/aromatic N) is 1. The molecule has 0 aliphatic carbocycles. The van der Waals surface area contributed by atoms with Crippen molar-refractivity contribution in [3.05, 3.63) is 82.4 Å². The average molecular weight is 538 g/mol. The van der Waals surface area contributed by atoms with Gasteiger partial charge in [-0.15, -0.1) is 0 Å². The molecule has 2 saturated heterocycles. The van der Waals surface area contributed by atoms with E-state index in [1.807, 2.05) is 50.2 Å². The van der Waals surface area contributed by atoms with Crippen LogP contribution < -0.4 is 20.1 Å². The third kappa shape index (κ3) is 2.77. The molecular formula is C32H31N3O5. The van der Waals surface area contributed by atoms with Crippen LogP contribution in [-0.4, -0.2) is 49.3 Å². The molecule has 2 fully saturated rings. The van der Waals surface area contributed by atoms with Crippen molar-refractivity contribution >= 4 is 29.0 Å². The molecular weight excluding hydrogens is 506 g/mol. The molecule has 0 bridgehead atoms. The molecule has 4 aliphatic rings. The van der Waals surface area contributed by atoms with Gasteiger partial charge in [-0.2, -0.15) is 0 Å². The smallest absolute Gasteiger partial charge is 0.251 e. The van der Waals surface area contributed by atoms with Gasteiger partial charge in [0.25, 0.3) is 5.91 Å². The summed E-state index contributed by atoms with van der Waals surface area (Å²) in [4.78, 5) is 46.4. The lowest BCUT2D eigenvalue weighted by molar-refractivity contribution is -0.137. The van der Waals surface area contributed by atoms with E-state index in [9.17, 15) is 14.4 Å². The van der Waals surface area contributed by atoms with Gasteiger partial charge in [0, 0.05) is 23.0 Å². The first-order valence-corrected chi connectivity index (χ1v) is 13.7. The second kappa shape index (κ2) is 8.41. The zero-order chi connectivity index (χ0) is 28.0. The Hall–Kier alpha value is -4.17. The van der Waals surface area contributed by atoms with Crippen LogP contribution in [0.15, 0.2) is 54.6 Å². The van der Waals surface area contributed by atoms with Crippen LogP contribution in [0, 0.1) is 19.8 Å². The second-order valence-corrected chi connectivity index (χ2v) is 11.3. The normalized spacial score (nSPS) is 27.9. The van der Waals surface area contributed by atoms with Crippen molar-refractivity contribution in [1.29, 1.82) is 0 Å². The number of hydrogen-bond acceptors (Lipinski definition) is 6. The summed E-state index contributed by atoms with van der Waals surface area (Å²) >= 11 is 0. The van der Waals surface area contributed by atoms with Gasteiger partial charge in [0.1, 0.15) is 22.5 Å².